The first kappa shape index (κ1) is 19.6. The lowest BCUT2D eigenvalue weighted by atomic mass is 10.2. The molecule has 0 saturated carbocycles. The highest BCUT2D eigenvalue weighted by atomic mass is 35.5. The summed E-state index contributed by atoms with van der Waals surface area (Å²) in [5.74, 6) is -0.224. The molecule has 0 aliphatic carbocycles. The van der Waals surface area contributed by atoms with E-state index in [1.165, 1.54) is 11.3 Å². The summed E-state index contributed by atoms with van der Waals surface area (Å²) in [4.78, 5) is 20.1. The third kappa shape index (κ3) is 3.94. The number of aromatic nitrogens is 1. The number of rotatable bonds is 5. The highest BCUT2D eigenvalue weighted by Gasteiger charge is 2.11. The van der Waals surface area contributed by atoms with Crippen LogP contribution in [0.2, 0.25) is 5.02 Å². The van der Waals surface area contributed by atoms with Gasteiger partial charge in [0.15, 0.2) is 4.80 Å². The Morgan fingerprint density at radius 2 is 1.81 bits per heavy atom. The summed E-state index contributed by atoms with van der Waals surface area (Å²) < 4.78 is 3.12. The molecule has 0 atom stereocenters. The Morgan fingerprint density at radius 3 is 2.41 bits per heavy atom. The molecule has 1 heterocycles. The fourth-order valence-corrected chi connectivity index (χ4v) is 4.86. The van der Waals surface area contributed by atoms with Crippen molar-refractivity contribution in [3.63, 3.8) is 0 Å². The molecule has 0 bridgehead atoms. The molecule has 0 aliphatic heterocycles. The maximum atomic E-state index is 12.7. The van der Waals surface area contributed by atoms with Crippen LogP contribution in [-0.4, -0.2) is 23.6 Å². The molecule has 0 spiro atoms. The van der Waals surface area contributed by atoms with E-state index in [4.69, 9.17) is 11.6 Å². The van der Waals surface area contributed by atoms with Crippen LogP contribution in [0.15, 0.2) is 41.4 Å². The molecule has 27 heavy (non-hydrogen) atoms. The number of amides is 1. The Morgan fingerprint density at radius 1 is 1.15 bits per heavy atom. The number of aryl methyl sites for hydroxylation is 2. The third-order valence-corrected chi connectivity index (χ3v) is 5.93. The number of fused-ring (bicyclic) bond motifs is 1. The molecule has 4 nitrogen and oxygen atoms in total. The highest BCUT2D eigenvalue weighted by molar-refractivity contribution is 7.16. The maximum absolute atomic E-state index is 12.7. The van der Waals surface area contributed by atoms with Crippen LogP contribution in [0, 0.1) is 6.92 Å². The zero-order valence-corrected chi connectivity index (χ0v) is 17.7. The number of carbonyl (C=O) groups is 1. The van der Waals surface area contributed by atoms with Crippen molar-refractivity contribution in [2.24, 2.45) is 4.99 Å². The van der Waals surface area contributed by atoms with Crippen LogP contribution in [0.1, 0.15) is 36.7 Å². The average Bonchev–Trinajstić information content (AvgIpc) is 3.00. The van der Waals surface area contributed by atoms with Crippen molar-refractivity contribution < 1.29 is 4.79 Å². The van der Waals surface area contributed by atoms with Gasteiger partial charge in [-0.15, -0.1) is 0 Å². The first-order valence-corrected chi connectivity index (χ1v) is 10.4. The van der Waals surface area contributed by atoms with Crippen LogP contribution < -0.4 is 9.70 Å². The summed E-state index contributed by atoms with van der Waals surface area (Å²) in [5, 5.41) is 0.703. The van der Waals surface area contributed by atoms with Crippen LogP contribution in [0.25, 0.3) is 10.2 Å². The number of hydrogen-bond acceptors (Lipinski definition) is 3. The molecule has 3 rings (SSSR count). The molecule has 0 fully saturated rings. The number of anilines is 1. The molecule has 0 saturated heterocycles. The van der Waals surface area contributed by atoms with Gasteiger partial charge in [-0.05, 0) is 69.7 Å². The van der Waals surface area contributed by atoms with Gasteiger partial charge in [0, 0.05) is 35.9 Å². The van der Waals surface area contributed by atoms with E-state index >= 15 is 0 Å². The summed E-state index contributed by atoms with van der Waals surface area (Å²) in [7, 11) is 0. The largest absolute Gasteiger partial charge is 0.372 e. The van der Waals surface area contributed by atoms with Crippen LogP contribution in [0.5, 0.6) is 0 Å². The first-order valence-electron chi connectivity index (χ1n) is 9.22. The SMILES string of the molecule is CCN(CC)c1ccc(C(=O)N=c2sc3cc(Cl)cc(C)c3n2CC)cc1. The number of halogens is 1. The Balaban J connectivity index is 2.01. The first-order chi connectivity index (χ1) is 13.0. The van der Waals surface area contributed by atoms with E-state index in [0.29, 0.717) is 15.4 Å². The Labute approximate surface area is 168 Å². The molecule has 0 N–H and O–H groups in total. The number of benzene rings is 2. The number of hydrogen-bond donors (Lipinski definition) is 0. The maximum Gasteiger partial charge on any atom is 0.279 e. The fraction of sp³-hybridized carbons (Fsp3) is 0.333. The second-order valence-corrected chi connectivity index (χ2v) is 7.78. The van der Waals surface area contributed by atoms with Gasteiger partial charge < -0.3 is 9.47 Å². The zero-order valence-electron chi connectivity index (χ0n) is 16.1. The smallest absolute Gasteiger partial charge is 0.279 e. The van der Waals surface area contributed by atoms with Gasteiger partial charge >= 0.3 is 0 Å². The van der Waals surface area contributed by atoms with Gasteiger partial charge in [0.05, 0.1) is 10.2 Å². The second kappa shape index (κ2) is 8.28. The summed E-state index contributed by atoms with van der Waals surface area (Å²) >= 11 is 7.69. The summed E-state index contributed by atoms with van der Waals surface area (Å²) in [5.41, 5.74) is 3.90. The minimum Gasteiger partial charge on any atom is -0.372 e. The molecule has 142 valence electrons. The Kier molecular flexibility index (Phi) is 6.02. The lowest BCUT2D eigenvalue weighted by Gasteiger charge is -2.20. The number of nitrogens with zero attached hydrogens (tertiary/aromatic N) is 3. The number of carbonyl (C=O) groups excluding carboxylic acids is 1. The Bertz CT molecular complexity index is 1030. The summed E-state index contributed by atoms with van der Waals surface area (Å²) in [6.45, 7) is 11.0. The van der Waals surface area contributed by atoms with Gasteiger partial charge in [-0.2, -0.15) is 4.99 Å². The normalized spacial score (nSPS) is 12.0. The van der Waals surface area contributed by atoms with E-state index in [2.05, 4.69) is 35.2 Å². The van der Waals surface area contributed by atoms with Gasteiger partial charge in [-0.25, -0.2) is 0 Å². The predicted octanol–water partition coefficient (Wildman–Crippen LogP) is 5.27. The van der Waals surface area contributed by atoms with Gasteiger partial charge in [0.1, 0.15) is 0 Å². The second-order valence-electron chi connectivity index (χ2n) is 6.33. The molecular formula is C21H24ClN3OS. The standard InChI is InChI=1S/C21H24ClN3OS/c1-5-24(6-2)17-10-8-15(9-11-17)20(26)23-21-25(7-3)19-14(4)12-16(22)13-18(19)27-21/h8-13H,5-7H2,1-4H3. The molecule has 0 radical (unpaired) electrons. The van der Waals surface area contributed by atoms with Crippen LogP contribution in [0.4, 0.5) is 5.69 Å². The van der Waals surface area contributed by atoms with Crippen molar-refractivity contribution >= 4 is 44.7 Å². The van der Waals surface area contributed by atoms with E-state index in [1.54, 1.807) is 0 Å². The number of thiazole rings is 1. The van der Waals surface area contributed by atoms with Crippen molar-refractivity contribution in [1.82, 2.24) is 4.57 Å². The summed E-state index contributed by atoms with van der Waals surface area (Å²) in [6.07, 6.45) is 0. The minimum atomic E-state index is -0.224. The molecule has 1 amide bonds. The van der Waals surface area contributed by atoms with Crippen molar-refractivity contribution in [2.75, 3.05) is 18.0 Å². The fourth-order valence-electron chi connectivity index (χ4n) is 3.31. The molecule has 2 aromatic carbocycles. The third-order valence-electron chi connectivity index (χ3n) is 4.69. The average molecular weight is 402 g/mol. The highest BCUT2D eigenvalue weighted by Crippen LogP contribution is 2.26. The molecule has 0 unspecified atom stereocenters. The molecule has 3 aromatic rings. The van der Waals surface area contributed by atoms with Crippen LogP contribution >= 0.6 is 22.9 Å². The van der Waals surface area contributed by atoms with Gasteiger partial charge in [0.25, 0.3) is 5.91 Å². The molecular weight excluding hydrogens is 378 g/mol. The predicted molar refractivity (Wildman–Crippen MR) is 115 cm³/mol. The van der Waals surface area contributed by atoms with Crippen LogP contribution in [-0.2, 0) is 6.54 Å². The zero-order chi connectivity index (χ0) is 19.6. The van der Waals surface area contributed by atoms with E-state index < -0.39 is 0 Å². The van der Waals surface area contributed by atoms with E-state index in [0.717, 1.165) is 41.1 Å². The van der Waals surface area contributed by atoms with E-state index in [-0.39, 0.29) is 5.91 Å². The van der Waals surface area contributed by atoms with Crippen molar-refractivity contribution in [3.05, 3.63) is 57.3 Å². The quantitative estimate of drug-likeness (QED) is 0.583. The van der Waals surface area contributed by atoms with Crippen molar-refractivity contribution in [2.45, 2.75) is 34.2 Å². The van der Waals surface area contributed by atoms with Gasteiger partial charge in [0.2, 0.25) is 0 Å². The van der Waals surface area contributed by atoms with Crippen LogP contribution in [0.3, 0.4) is 0 Å². The molecule has 1 aromatic heterocycles. The van der Waals surface area contributed by atoms with E-state index in [1.807, 2.05) is 43.3 Å². The minimum absolute atomic E-state index is 0.224. The van der Waals surface area contributed by atoms with Crippen molar-refractivity contribution in [1.29, 1.82) is 0 Å². The lowest BCUT2D eigenvalue weighted by Crippen LogP contribution is -2.21. The monoisotopic (exact) mass is 401 g/mol. The van der Waals surface area contributed by atoms with Gasteiger partial charge in [-0.3, -0.25) is 4.79 Å². The molecule has 0 aliphatic rings. The summed E-state index contributed by atoms with van der Waals surface area (Å²) in [6, 6.07) is 11.6. The topological polar surface area (TPSA) is 37.6 Å². The Hall–Kier alpha value is -2.11. The van der Waals surface area contributed by atoms with Gasteiger partial charge in [-0.1, -0.05) is 22.9 Å². The van der Waals surface area contributed by atoms with Crippen molar-refractivity contribution in [3.8, 4) is 0 Å². The van der Waals surface area contributed by atoms with E-state index in [9.17, 15) is 4.79 Å². The molecule has 6 heteroatoms. The lowest BCUT2D eigenvalue weighted by molar-refractivity contribution is 0.0998.